The van der Waals surface area contributed by atoms with E-state index in [0.29, 0.717) is 0 Å². The summed E-state index contributed by atoms with van der Waals surface area (Å²) in [6.45, 7) is 1.70. The summed E-state index contributed by atoms with van der Waals surface area (Å²) >= 11 is 0. The number of halogens is 1. The molecule has 4 heteroatoms. The highest BCUT2D eigenvalue weighted by molar-refractivity contribution is 5.33. The lowest BCUT2D eigenvalue weighted by Gasteiger charge is -2.34. The molecule has 3 rings (SSSR count). The van der Waals surface area contributed by atoms with E-state index >= 15 is 0 Å². The molecule has 0 spiro atoms. The number of benzene rings is 2. The van der Waals surface area contributed by atoms with Gasteiger partial charge in [-0.05, 0) is 43.1 Å². The molecular formula is C19H23FN2O. The van der Waals surface area contributed by atoms with Crippen molar-refractivity contribution in [2.45, 2.75) is 31.5 Å². The molecule has 0 radical (unpaired) electrons. The number of hydrogen-bond acceptors (Lipinski definition) is 3. The summed E-state index contributed by atoms with van der Waals surface area (Å²) < 4.78 is 18.9. The molecule has 1 fully saturated rings. The fourth-order valence-corrected chi connectivity index (χ4v) is 3.25. The number of methoxy groups -OCH3 is 1. The third-order valence-corrected chi connectivity index (χ3v) is 4.41. The molecule has 0 aliphatic carbocycles. The number of ether oxygens (including phenoxy) is 1. The van der Waals surface area contributed by atoms with Gasteiger partial charge in [-0.15, -0.1) is 0 Å². The molecule has 1 aliphatic rings. The van der Waals surface area contributed by atoms with Gasteiger partial charge in [-0.25, -0.2) is 4.39 Å². The van der Waals surface area contributed by atoms with E-state index in [2.05, 4.69) is 16.7 Å². The van der Waals surface area contributed by atoms with Gasteiger partial charge in [0.15, 0.2) is 0 Å². The molecule has 122 valence electrons. The van der Waals surface area contributed by atoms with E-state index in [-0.39, 0.29) is 17.9 Å². The van der Waals surface area contributed by atoms with Gasteiger partial charge in [0.25, 0.3) is 0 Å². The van der Waals surface area contributed by atoms with Crippen LogP contribution in [0.3, 0.4) is 0 Å². The molecule has 2 aromatic rings. The average molecular weight is 314 g/mol. The second kappa shape index (κ2) is 7.57. The molecule has 23 heavy (non-hydrogen) atoms. The Morgan fingerprint density at radius 2 is 2.09 bits per heavy atom. The first kappa shape index (κ1) is 16.0. The first-order valence-corrected chi connectivity index (χ1v) is 8.12. The molecule has 2 aromatic carbocycles. The number of piperidine rings is 1. The minimum absolute atomic E-state index is 0.133. The lowest BCUT2D eigenvalue weighted by molar-refractivity contribution is 0.302. The predicted molar refractivity (Wildman–Crippen MR) is 90.0 cm³/mol. The number of hydrogen-bond donors (Lipinski definition) is 2. The van der Waals surface area contributed by atoms with Gasteiger partial charge < -0.3 is 15.4 Å². The summed E-state index contributed by atoms with van der Waals surface area (Å²) in [5, 5.41) is 7.13. The minimum atomic E-state index is -0.182. The van der Waals surface area contributed by atoms with E-state index in [1.54, 1.807) is 19.2 Å². The van der Waals surface area contributed by atoms with Crippen LogP contribution in [-0.2, 0) is 6.54 Å². The van der Waals surface area contributed by atoms with Crippen molar-refractivity contribution in [3.63, 3.8) is 0 Å². The summed E-state index contributed by atoms with van der Waals surface area (Å²) in [6, 6.07) is 15.3. The molecule has 0 unspecified atom stereocenters. The summed E-state index contributed by atoms with van der Waals surface area (Å²) in [5.74, 6) is 0.712. The first-order chi connectivity index (χ1) is 11.3. The van der Waals surface area contributed by atoms with Crippen LogP contribution < -0.4 is 15.4 Å². The Labute approximate surface area is 136 Å². The zero-order chi connectivity index (χ0) is 16.1. The monoisotopic (exact) mass is 314 g/mol. The van der Waals surface area contributed by atoms with Crippen molar-refractivity contribution < 1.29 is 9.13 Å². The molecular weight excluding hydrogens is 291 g/mol. The van der Waals surface area contributed by atoms with Gasteiger partial charge >= 0.3 is 0 Å². The lowest BCUT2D eigenvalue weighted by Crippen LogP contribution is -2.45. The average Bonchev–Trinajstić information content (AvgIpc) is 2.60. The number of rotatable bonds is 5. The molecule has 1 heterocycles. The third kappa shape index (κ3) is 3.89. The van der Waals surface area contributed by atoms with Crippen LogP contribution in [0.5, 0.6) is 5.75 Å². The summed E-state index contributed by atoms with van der Waals surface area (Å²) in [5.41, 5.74) is 2.14. The Hall–Kier alpha value is -1.91. The van der Waals surface area contributed by atoms with E-state index in [0.717, 1.165) is 42.8 Å². The third-order valence-electron chi connectivity index (χ3n) is 4.41. The molecule has 2 atom stereocenters. The van der Waals surface area contributed by atoms with Gasteiger partial charge in [0.05, 0.1) is 7.11 Å². The van der Waals surface area contributed by atoms with Gasteiger partial charge in [-0.2, -0.15) is 0 Å². The molecule has 0 aromatic heterocycles. The number of para-hydroxylation sites is 1. The highest BCUT2D eigenvalue weighted by Crippen LogP contribution is 2.25. The van der Waals surface area contributed by atoms with Crippen molar-refractivity contribution in [3.05, 3.63) is 65.5 Å². The molecule has 0 saturated carbocycles. The van der Waals surface area contributed by atoms with E-state index < -0.39 is 0 Å². The molecule has 0 amide bonds. The van der Waals surface area contributed by atoms with E-state index in [9.17, 15) is 4.39 Å². The van der Waals surface area contributed by atoms with Crippen molar-refractivity contribution in [3.8, 4) is 5.75 Å². The number of nitrogens with one attached hydrogen (secondary N) is 2. The van der Waals surface area contributed by atoms with Gasteiger partial charge in [0.1, 0.15) is 11.6 Å². The van der Waals surface area contributed by atoms with Crippen molar-refractivity contribution in [1.82, 2.24) is 10.6 Å². The Morgan fingerprint density at radius 3 is 2.91 bits per heavy atom. The Bertz CT molecular complexity index is 647. The Kier molecular flexibility index (Phi) is 5.26. The van der Waals surface area contributed by atoms with Crippen molar-refractivity contribution in [1.29, 1.82) is 0 Å². The van der Waals surface area contributed by atoms with E-state index in [1.807, 2.05) is 24.3 Å². The van der Waals surface area contributed by atoms with Crippen LogP contribution in [-0.4, -0.2) is 19.7 Å². The van der Waals surface area contributed by atoms with Gasteiger partial charge in [0, 0.05) is 24.2 Å². The second-order valence-corrected chi connectivity index (χ2v) is 5.93. The van der Waals surface area contributed by atoms with E-state index in [1.165, 1.54) is 6.07 Å². The normalized spacial score (nSPS) is 21.1. The molecule has 0 bridgehead atoms. The largest absolute Gasteiger partial charge is 0.496 e. The topological polar surface area (TPSA) is 33.3 Å². The molecule has 1 aliphatic heterocycles. The lowest BCUT2D eigenvalue weighted by atomic mass is 9.92. The van der Waals surface area contributed by atoms with Crippen molar-refractivity contribution in [2.24, 2.45) is 0 Å². The van der Waals surface area contributed by atoms with Crippen LogP contribution >= 0.6 is 0 Å². The Balaban J connectivity index is 1.72. The van der Waals surface area contributed by atoms with Crippen LogP contribution in [0.4, 0.5) is 4.39 Å². The fraction of sp³-hybridized carbons (Fsp3) is 0.368. The van der Waals surface area contributed by atoms with Crippen LogP contribution in [0.15, 0.2) is 48.5 Å². The zero-order valence-electron chi connectivity index (χ0n) is 13.4. The highest BCUT2D eigenvalue weighted by atomic mass is 19.1. The zero-order valence-corrected chi connectivity index (χ0v) is 13.4. The molecule has 3 nitrogen and oxygen atoms in total. The fourth-order valence-electron chi connectivity index (χ4n) is 3.25. The molecule has 1 saturated heterocycles. The second-order valence-electron chi connectivity index (χ2n) is 5.93. The standard InChI is InChI=1S/C19H23FN2O/c1-23-18-10-3-2-6-15(18)13-22-17-9-5-11-21-19(17)14-7-4-8-16(20)12-14/h2-4,6-8,10,12,17,19,21-22H,5,9,11,13H2,1H3/t17-,19-/m1/s1. The Morgan fingerprint density at radius 1 is 1.22 bits per heavy atom. The smallest absolute Gasteiger partial charge is 0.123 e. The maximum atomic E-state index is 13.5. The first-order valence-electron chi connectivity index (χ1n) is 8.12. The highest BCUT2D eigenvalue weighted by Gasteiger charge is 2.26. The maximum Gasteiger partial charge on any atom is 0.123 e. The van der Waals surface area contributed by atoms with Crippen molar-refractivity contribution >= 4 is 0 Å². The van der Waals surface area contributed by atoms with Gasteiger partial charge in [-0.1, -0.05) is 30.3 Å². The van der Waals surface area contributed by atoms with Crippen LogP contribution in [0, 0.1) is 5.82 Å². The van der Waals surface area contributed by atoms with Crippen LogP contribution in [0.2, 0.25) is 0 Å². The van der Waals surface area contributed by atoms with Gasteiger partial charge in [0.2, 0.25) is 0 Å². The van der Waals surface area contributed by atoms with Crippen LogP contribution in [0.1, 0.15) is 30.0 Å². The SMILES string of the molecule is COc1ccccc1CN[C@@H]1CCCN[C@@H]1c1cccc(F)c1. The predicted octanol–water partition coefficient (Wildman–Crippen LogP) is 3.42. The van der Waals surface area contributed by atoms with Crippen LogP contribution in [0.25, 0.3) is 0 Å². The minimum Gasteiger partial charge on any atom is -0.496 e. The quantitative estimate of drug-likeness (QED) is 0.887. The summed E-state index contributed by atoms with van der Waals surface area (Å²) in [4.78, 5) is 0. The van der Waals surface area contributed by atoms with Crippen molar-refractivity contribution in [2.75, 3.05) is 13.7 Å². The maximum absolute atomic E-state index is 13.5. The molecule has 2 N–H and O–H groups in total. The summed E-state index contributed by atoms with van der Waals surface area (Å²) in [6.07, 6.45) is 2.19. The summed E-state index contributed by atoms with van der Waals surface area (Å²) in [7, 11) is 1.69. The van der Waals surface area contributed by atoms with E-state index in [4.69, 9.17) is 4.74 Å². The van der Waals surface area contributed by atoms with Gasteiger partial charge in [-0.3, -0.25) is 0 Å².